The zero-order valence-electron chi connectivity index (χ0n) is 22.3. The predicted octanol–water partition coefficient (Wildman–Crippen LogP) is 9.41. The molecule has 0 radical (unpaired) electrons. The summed E-state index contributed by atoms with van der Waals surface area (Å²) in [6, 6.07) is 7.51. The van der Waals surface area contributed by atoms with Crippen LogP contribution in [0.15, 0.2) is 24.3 Å². The molecule has 1 rings (SSSR count). The standard InChI is InChI=1S/C30H52N2O2/c1-3-5-7-9-11-13-15-17-19-25-29(33)31-27-23-21-22-24-28(27)32-30(34)26-20-18-16-14-12-10-8-6-4-2/h21-24H,3-20,25-26H2,1-2H3,(H,31,33)(H,32,34). The maximum absolute atomic E-state index is 12.4. The Labute approximate surface area is 210 Å². The van der Waals surface area contributed by atoms with E-state index in [9.17, 15) is 9.59 Å². The van der Waals surface area contributed by atoms with Gasteiger partial charge in [0.25, 0.3) is 0 Å². The van der Waals surface area contributed by atoms with E-state index >= 15 is 0 Å². The Bertz CT molecular complexity index is 589. The molecule has 1 aromatic rings. The third-order valence-corrected chi connectivity index (χ3v) is 6.49. The van der Waals surface area contributed by atoms with Crippen LogP contribution in [0.4, 0.5) is 11.4 Å². The van der Waals surface area contributed by atoms with Gasteiger partial charge in [0.2, 0.25) is 11.8 Å². The van der Waals surface area contributed by atoms with E-state index in [-0.39, 0.29) is 11.8 Å². The fourth-order valence-corrected chi connectivity index (χ4v) is 4.32. The summed E-state index contributed by atoms with van der Waals surface area (Å²) in [4.78, 5) is 24.8. The summed E-state index contributed by atoms with van der Waals surface area (Å²) in [5, 5.41) is 5.98. The SMILES string of the molecule is CCCCCCCCCCCC(=O)Nc1ccccc1NC(=O)CCCCCCCCCCC. The van der Waals surface area contributed by atoms with Crippen molar-refractivity contribution in [1.29, 1.82) is 0 Å². The average molecular weight is 473 g/mol. The van der Waals surface area contributed by atoms with Crippen LogP contribution in [0.2, 0.25) is 0 Å². The monoisotopic (exact) mass is 472 g/mol. The first-order valence-corrected chi connectivity index (χ1v) is 14.4. The summed E-state index contributed by atoms with van der Waals surface area (Å²) in [6.45, 7) is 4.49. The normalized spacial score (nSPS) is 10.9. The zero-order valence-corrected chi connectivity index (χ0v) is 22.3. The smallest absolute Gasteiger partial charge is 0.224 e. The zero-order chi connectivity index (χ0) is 24.7. The Morgan fingerprint density at radius 3 is 1.12 bits per heavy atom. The summed E-state index contributed by atoms with van der Waals surface area (Å²) in [7, 11) is 0. The third kappa shape index (κ3) is 16.7. The summed E-state index contributed by atoms with van der Waals surface area (Å²) in [6.07, 6.45) is 23.4. The number of nitrogens with one attached hydrogen (secondary N) is 2. The topological polar surface area (TPSA) is 58.2 Å². The van der Waals surface area contributed by atoms with Gasteiger partial charge in [0.05, 0.1) is 11.4 Å². The number of para-hydroxylation sites is 2. The fraction of sp³-hybridized carbons (Fsp3) is 0.733. The highest BCUT2D eigenvalue weighted by atomic mass is 16.2. The molecular weight excluding hydrogens is 420 g/mol. The lowest BCUT2D eigenvalue weighted by Gasteiger charge is -2.12. The molecule has 2 amide bonds. The van der Waals surface area contributed by atoms with E-state index in [0.717, 1.165) is 25.7 Å². The van der Waals surface area contributed by atoms with Crippen LogP contribution in [0.5, 0.6) is 0 Å². The highest BCUT2D eigenvalue weighted by Crippen LogP contribution is 2.22. The largest absolute Gasteiger partial charge is 0.324 e. The lowest BCUT2D eigenvalue weighted by Crippen LogP contribution is -2.16. The van der Waals surface area contributed by atoms with Gasteiger partial charge in [0.1, 0.15) is 0 Å². The molecule has 0 bridgehead atoms. The van der Waals surface area contributed by atoms with Crippen molar-refractivity contribution < 1.29 is 9.59 Å². The molecule has 0 atom stereocenters. The van der Waals surface area contributed by atoms with Gasteiger partial charge >= 0.3 is 0 Å². The Morgan fingerprint density at radius 1 is 0.500 bits per heavy atom. The quantitative estimate of drug-likeness (QED) is 0.165. The lowest BCUT2D eigenvalue weighted by molar-refractivity contribution is -0.117. The second-order valence-corrected chi connectivity index (χ2v) is 9.80. The van der Waals surface area contributed by atoms with Crippen molar-refractivity contribution in [2.45, 2.75) is 142 Å². The Hall–Kier alpha value is -1.84. The van der Waals surface area contributed by atoms with Crippen LogP contribution in [-0.2, 0) is 9.59 Å². The van der Waals surface area contributed by atoms with Crippen molar-refractivity contribution in [3.63, 3.8) is 0 Å². The van der Waals surface area contributed by atoms with Crippen molar-refractivity contribution in [2.75, 3.05) is 10.6 Å². The third-order valence-electron chi connectivity index (χ3n) is 6.49. The van der Waals surface area contributed by atoms with Crippen molar-refractivity contribution in [2.24, 2.45) is 0 Å². The van der Waals surface area contributed by atoms with E-state index in [2.05, 4.69) is 24.5 Å². The van der Waals surface area contributed by atoms with Crippen LogP contribution < -0.4 is 10.6 Å². The highest BCUT2D eigenvalue weighted by molar-refractivity contribution is 5.99. The second kappa shape index (κ2) is 21.7. The highest BCUT2D eigenvalue weighted by Gasteiger charge is 2.09. The number of amides is 2. The maximum atomic E-state index is 12.4. The molecule has 0 fully saturated rings. The fourth-order valence-electron chi connectivity index (χ4n) is 4.32. The lowest BCUT2D eigenvalue weighted by atomic mass is 10.1. The number of carbonyl (C=O) groups excluding carboxylic acids is 2. The molecule has 0 unspecified atom stereocenters. The number of hydrogen-bond donors (Lipinski definition) is 2. The first-order chi connectivity index (χ1) is 16.7. The Kier molecular flexibility index (Phi) is 19.2. The van der Waals surface area contributed by atoms with Crippen molar-refractivity contribution >= 4 is 23.2 Å². The second-order valence-electron chi connectivity index (χ2n) is 9.80. The number of hydrogen-bond acceptors (Lipinski definition) is 2. The molecule has 0 aromatic heterocycles. The van der Waals surface area contributed by atoms with Gasteiger partial charge in [0.15, 0.2) is 0 Å². The van der Waals surface area contributed by atoms with Crippen LogP contribution in [-0.4, -0.2) is 11.8 Å². The van der Waals surface area contributed by atoms with Gasteiger partial charge < -0.3 is 10.6 Å². The van der Waals surface area contributed by atoms with Crippen molar-refractivity contribution in [3.05, 3.63) is 24.3 Å². The summed E-state index contributed by atoms with van der Waals surface area (Å²) < 4.78 is 0. The van der Waals surface area contributed by atoms with Gasteiger partial charge in [-0.25, -0.2) is 0 Å². The molecule has 0 saturated carbocycles. The van der Waals surface area contributed by atoms with Gasteiger partial charge in [0, 0.05) is 12.8 Å². The molecule has 4 heteroatoms. The molecular formula is C30H52N2O2. The Balaban J connectivity index is 2.18. The van der Waals surface area contributed by atoms with Crippen LogP contribution in [0.3, 0.4) is 0 Å². The molecule has 4 nitrogen and oxygen atoms in total. The number of anilines is 2. The van der Waals surface area contributed by atoms with Gasteiger partial charge in [-0.15, -0.1) is 0 Å². The molecule has 0 aliphatic heterocycles. The molecule has 0 spiro atoms. The van der Waals surface area contributed by atoms with Crippen molar-refractivity contribution in [1.82, 2.24) is 0 Å². The molecule has 2 N–H and O–H groups in total. The van der Waals surface area contributed by atoms with Gasteiger partial charge in [-0.3, -0.25) is 9.59 Å². The van der Waals surface area contributed by atoms with Crippen LogP contribution in [0, 0.1) is 0 Å². The van der Waals surface area contributed by atoms with E-state index in [4.69, 9.17) is 0 Å². The van der Waals surface area contributed by atoms with E-state index < -0.39 is 0 Å². The minimum atomic E-state index is 0.0311. The Morgan fingerprint density at radius 2 is 0.794 bits per heavy atom. The first kappa shape index (κ1) is 30.2. The van der Waals surface area contributed by atoms with E-state index in [1.165, 1.54) is 89.9 Å². The molecule has 1 aromatic carbocycles. The van der Waals surface area contributed by atoms with E-state index in [1.807, 2.05) is 24.3 Å². The van der Waals surface area contributed by atoms with Gasteiger partial charge in [-0.1, -0.05) is 129 Å². The van der Waals surface area contributed by atoms with Crippen molar-refractivity contribution in [3.8, 4) is 0 Å². The molecule has 0 aliphatic carbocycles. The van der Waals surface area contributed by atoms with E-state index in [1.54, 1.807) is 0 Å². The molecule has 194 valence electrons. The molecule has 0 heterocycles. The van der Waals surface area contributed by atoms with Crippen LogP contribution >= 0.6 is 0 Å². The molecule has 0 aliphatic rings. The number of rotatable bonds is 22. The van der Waals surface area contributed by atoms with E-state index in [0.29, 0.717) is 24.2 Å². The summed E-state index contributed by atoms with van der Waals surface area (Å²) in [5.41, 5.74) is 1.40. The van der Waals surface area contributed by atoms with Crippen LogP contribution in [0.25, 0.3) is 0 Å². The minimum absolute atomic E-state index is 0.0311. The minimum Gasteiger partial charge on any atom is -0.324 e. The maximum Gasteiger partial charge on any atom is 0.224 e. The average Bonchev–Trinajstić information content (AvgIpc) is 2.83. The number of unbranched alkanes of at least 4 members (excludes halogenated alkanes) is 16. The summed E-state index contributed by atoms with van der Waals surface area (Å²) >= 11 is 0. The summed E-state index contributed by atoms with van der Waals surface area (Å²) in [5.74, 6) is 0.0622. The molecule has 34 heavy (non-hydrogen) atoms. The molecule has 0 saturated heterocycles. The van der Waals surface area contributed by atoms with Gasteiger partial charge in [-0.05, 0) is 25.0 Å². The number of benzene rings is 1. The predicted molar refractivity (Wildman–Crippen MR) is 147 cm³/mol. The van der Waals surface area contributed by atoms with Crippen LogP contribution in [0.1, 0.15) is 142 Å². The number of carbonyl (C=O) groups is 2. The first-order valence-electron chi connectivity index (χ1n) is 14.4. The van der Waals surface area contributed by atoms with Gasteiger partial charge in [-0.2, -0.15) is 0 Å².